The molecule has 0 saturated carbocycles. The van der Waals surface area contributed by atoms with Crippen molar-refractivity contribution in [3.63, 3.8) is 0 Å². The highest BCUT2D eigenvalue weighted by molar-refractivity contribution is 6.02. The monoisotopic (exact) mass is 250 g/mol. The van der Waals surface area contributed by atoms with Crippen LogP contribution in [0.25, 0.3) is 0 Å². The summed E-state index contributed by atoms with van der Waals surface area (Å²) in [6.45, 7) is 4.88. The third-order valence-electron chi connectivity index (χ3n) is 2.81. The molecule has 4 nitrogen and oxygen atoms in total. The summed E-state index contributed by atoms with van der Waals surface area (Å²) in [6.07, 6.45) is -1.47. The third kappa shape index (κ3) is 2.96. The Morgan fingerprint density at radius 2 is 1.83 bits per heavy atom. The van der Waals surface area contributed by atoms with Gasteiger partial charge in [-0.3, -0.25) is 4.79 Å². The van der Waals surface area contributed by atoms with E-state index in [1.54, 1.807) is 37.3 Å². The second-order valence-corrected chi connectivity index (χ2v) is 4.57. The van der Waals surface area contributed by atoms with Gasteiger partial charge in [0.2, 0.25) is 0 Å². The van der Waals surface area contributed by atoms with Gasteiger partial charge in [-0.25, -0.2) is 4.79 Å². The lowest BCUT2D eigenvalue weighted by molar-refractivity contribution is -0.157. The van der Waals surface area contributed by atoms with E-state index in [0.717, 1.165) is 0 Å². The highest BCUT2D eigenvalue weighted by Crippen LogP contribution is 2.27. The van der Waals surface area contributed by atoms with E-state index in [2.05, 4.69) is 0 Å². The van der Waals surface area contributed by atoms with Crippen LogP contribution in [0.15, 0.2) is 30.3 Å². The summed E-state index contributed by atoms with van der Waals surface area (Å²) in [5.74, 6) is -1.06. The fourth-order valence-corrected chi connectivity index (χ4v) is 1.60. The van der Waals surface area contributed by atoms with E-state index in [9.17, 15) is 14.7 Å². The van der Waals surface area contributed by atoms with E-state index in [1.165, 1.54) is 13.8 Å². The topological polar surface area (TPSA) is 63.6 Å². The second kappa shape index (κ2) is 5.78. The Balaban J connectivity index is 2.92. The molecule has 0 unspecified atom stereocenters. The van der Waals surface area contributed by atoms with Gasteiger partial charge in [0.25, 0.3) is 0 Å². The molecule has 0 bridgehead atoms. The molecule has 0 aliphatic carbocycles. The molecular formula is C14H18O4. The molecule has 1 atom stereocenters. The van der Waals surface area contributed by atoms with Crippen molar-refractivity contribution in [1.82, 2.24) is 0 Å². The van der Waals surface area contributed by atoms with Gasteiger partial charge in [0.05, 0.1) is 12.0 Å². The normalized spacial score (nSPS) is 12.9. The number of esters is 1. The zero-order valence-electron chi connectivity index (χ0n) is 10.8. The third-order valence-corrected chi connectivity index (χ3v) is 2.81. The Kier molecular flexibility index (Phi) is 4.62. The highest BCUT2D eigenvalue weighted by Gasteiger charge is 2.41. The maximum Gasteiger partial charge on any atom is 0.335 e. The quantitative estimate of drug-likeness (QED) is 0.639. The number of aliphatic hydroxyl groups is 1. The summed E-state index contributed by atoms with van der Waals surface area (Å²) in [4.78, 5) is 23.7. The highest BCUT2D eigenvalue weighted by atomic mass is 16.5. The molecule has 0 aromatic heterocycles. The van der Waals surface area contributed by atoms with Crippen LogP contribution in [0.5, 0.6) is 0 Å². The predicted octanol–water partition coefficient (Wildman–Crippen LogP) is 1.82. The summed E-state index contributed by atoms with van der Waals surface area (Å²) in [7, 11) is 0. The molecule has 1 aromatic rings. The number of rotatable bonds is 5. The van der Waals surface area contributed by atoms with E-state index in [0.29, 0.717) is 5.56 Å². The molecule has 98 valence electrons. The minimum atomic E-state index is -1.47. The lowest BCUT2D eigenvalue weighted by Gasteiger charge is -2.27. The number of benzene rings is 1. The molecule has 1 rings (SSSR count). The van der Waals surface area contributed by atoms with E-state index in [4.69, 9.17) is 4.74 Å². The van der Waals surface area contributed by atoms with E-state index >= 15 is 0 Å². The summed E-state index contributed by atoms with van der Waals surface area (Å²) in [6, 6.07) is 8.58. The Hall–Kier alpha value is -1.68. The Morgan fingerprint density at radius 3 is 2.33 bits per heavy atom. The summed E-state index contributed by atoms with van der Waals surface area (Å²) < 4.78 is 4.73. The molecule has 0 saturated heterocycles. The van der Waals surface area contributed by atoms with Crippen LogP contribution < -0.4 is 0 Å². The van der Waals surface area contributed by atoms with Crippen LogP contribution in [-0.4, -0.2) is 29.6 Å². The number of ketones is 1. The van der Waals surface area contributed by atoms with E-state index in [1.807, 2.05) is 0 Å². The predicted molar refractivity (Wildman–Crippen MR) is 67.2 cm³/mol. The van der Waals surface area contributed by atoms with Gasteiger partial charge < -0.3 is 9.84 Å². The van der Waals surface area contributed by atoms with E-state index < -0.39 is 17.5 Å². The van der Waals surface area contributed by atoms with Crippen LogP contribution in [0.3, 0.4) is 0 Å². The van der Waals surface area contributed by atoms with Gasteiger partial charge in [-0.15, -0.1) is 0 Å². The number of Topliss-reactive ketones (excluding diaryl/α,β-unsaturated/α-hetero) is 1. The van der Waals surface area contributed by atoms with Crippen LogP contribution in [0.1, 0.15) is 31.1 Å². The van der Waals surface area contributed by atoms with Gasteiger partial charge >= 0.3 is 5.97 Å². The van der Waals surface area contributed by atoms with Crippen molar-refractivity contribution in [2.45, 2.75) is 26.9 Å². The van der Waals surface area contributed by atoms with Crippen molar-refractivity contribution in [2.75, 3.05) is 6.61 Å². The Labute approximate surface area is 107 Å². The van der Waals surface area contributed by atoms with Gasteiger partial charge in [-0.05, 0) is 20.8 Å². The lowest BCUT2D eigenvalue weighted by atomic mass is 9.79. The number of carbonyl (C=O) groups excluding carboxylic acids is 2. The SMILES string of the molecule is CCOC(=O)[C@H](O)C(C)(C)C(=O)c1ccccc1. The zero-order valence-corrected chi connectivity index (χ0v) is 10.8. The van der Waals surface area contributed by atoms with Crippen LogP contribution in [0.2, 0.25) is 0 Å². The first-order valence-corrected chi connectivity index (χ1v) is 5.85. The smallest absolute Gasteiger partial charge is 0.335 e. The average molecular weight is 250 g/mol. The molecule has 1 aromatic carbocycles. The largest absolute Gasteiger partial charge is 0.464 e. The minimum Gasteiger partial charge on any atom is -0.464 e. The lowest BCUT2D eigenvalue weighted by Crippen LogP contribution is -2.43. The van der Waals surface area contributed by atoms with Crippen molar-refractivity contribution < 1.29 is 19.4 Å². The summed E-state index contributed by atoms with van der Waals surface area (Å²) >= 11 is 0. The number of hydrogen-bond donors (Lipinski definition) is 1. The first-order chi connectivity index (χ1) is 8.41. The van der Waals surface area contributed by atoms with Crippen molar-refractivity contribution in [2.24, 2.45) is 5.41 Å². The molecule has 0 spiro atoms. The number of aliphatic hydroxyl groups excluding tert-OH is 1. The van der Waals surface area contributed by atoms with Crippen LogP contribution >= 0.6 is 0 Å². The fraction of sp³-hybridized carbons (Fsp3) is 0.429. The number of ether oxygens (including phenoxy) is 1. The molecule has 0 aliphatic rings. The first-order valence-electron chi connectivity index (χ1n) is 5.85. The molecule has 0 radical (unpaired) electrons. The van der Waals surface area contributed by atoms with Crippen molar-refractivity contribution in [3.8, 4) is 0 Å². The maximum absolute atomic E-state index is 12.2. The van der Waals surface area contributed by atoms with Gasteiger partial charge in [0.15, 0.2) is 11.9 Å². The van der Waals surface area contributed by atoms with Gasteiger partial charge in [0, 0.05) is 5.56 Å². The molecule has 0 heterocycles. The van der Waals surface area contributed by atoms with Gasteiger partial charge in [0.1, 0.15) is 0 Å². The molecule has 0 aliphatic heterocycles. The Bertz CT molecular complexity index is 423. The standard InChI is InChI=1S/C14H18O4/c1-4-18-13(17)12(16)14(2,3)11(15)10-8-6-5-7-9-10/h5-9,12,16H,4H2,1-3H3/t12-/m0/s1. The van der Waals surface area contributed by atoms with Gasteiger partial charge in [-0.1, -0.05) is 30.3 Å². The molecule has 0 fully saturated rings. The fourth-order valence-electron chi connectivity index (χ4n) is 1.60. The van der Waals surface area contributed by atoms with Crippen molar-refractivity contribution >= 4 is 11.8 Å². The molecule has 1 N–H and O–H groups in total. The first kappa shape index (κ1) is 14.4. The molecule has 4 heteroatoms. The molecular weight excluding hydrogens is 232 g/mol. The zero-order chi connectivity index (χ0) is 13.8. The molecule has 18 heavy (non-hydrogen) atoms. The van der Waals surface area contributed by atoms with E-state index in [-0.39, 0.29) is 12.4 Å². The second-order valence-electron chi connectivity index (χ2n) is 4.57. The minimum absolute atomic E-state index is 0.172. The van der Waals surface area contributed by atoms with Crippen molar-refractivity contribution in [3.05, 3.63) is 35.9 Å². The average Bonchev–Trinajstić information content (AvgIpc) is 2.38. The Morgan fingerprint density at radius 1 is 1.28 bits per heavy atom. The summed E-state index contributed by atoms with van der Waals surface area (Å²) in [5, 5.41) is 9.91. The number of carbonyl (C=O) groups is 2. The van der Waals surface area contributed by atoms with Crippen LogP contribution in [0, 0.1) is 5.41 Å². The molecule has 0 amide bonds. The van der Waals surface area contributed by atoms with Gasteiger partial charge in [-0.2, -0.15) is 0 Å². The maximum atomic E-state index is 12.2. The summed E-state index contributed by atoms with van der Waals surface area (Å²) in [5.41, 5.74) is -0.751. The number of hydrogen-bond acceptors (Lipinski definition) is 4. The van der Waals surface area contributed by atoms with Crippen LogP contribution in [0.4, 0.5) is 0 Å². The van der Waals surface area contributed by atoms with Crippen LogP contribution in [-0.2, 0) is 9.53 Å². The van der Waals surface area contributed by atoms with Crippen molar-refractivity contribution in [1.29, 1.82) is 0 Å².